The lowest BCUT2D eigenvalue weighted by atomic mass is 9.87. The molecule has 118 valence electrons. The van der Waals surface area contributed by atoms with Crippen LogP contribution in [0.2, 0.25) is 5.02 Å². The molecular formula is C16H24ClFN2O. The predicted octanol–water partition coefficient (Wildman–Crippen LogP) is 2.72. The number of likely N-dealkylation sites (N-methyl/N-ethyl adjacent to an activating group) is 1. The number of hydrogen-bond acceptors (Lipinski definition) is 3. The summed E-state index contributed by atoms with van der Waals surface area (Å²) in [6.07, 6.45) is 0.692. The molecule has 1 aliphatic rings. The Hall–Kier alpha value is -0.680. The maximum Gasteiger partial charge on any atom is 0.142 e. The molecule has 21 heavy (non-hydrogen) atoms. The van der Waals surface area contributed by atoms with E-state index < -0.39 is 0 Å². The molecule has 3 nitrogen and oxygen atoms in total. The van der Waals surface area contributed by atoms with Crippen LogP contribution in [0.25, 0.3) is 0 Å². The highest BCUT2D eigenvalue weighted by molar-refractivity contribution is 6.31. The molecule has 0 amide bonds. The molecule has 2 rings (SSSR count). The lowest BCUT2D eigenvalue weighted by molar-refractivity contribution is -0.0223. The van der Waals surface area contributed by atoms with E-state index in [1.807, 2.05) is 13.1 Å². The van der Waals surface area contributed by atoms with Gasteiger partial charge in [0.2, 0.25) is 0 Å². The van der Waals surface area contributed by atoms with Crippen molar-refractivity contribution in [3.63, 3.8) is 0 Å². The van der Waals surface area contributed by atoms with E-state index in [0.717, 1.165) is 31.9 Å². The molecule has 5 heteroatoms. The number of morpholine rings is 1. The third-order valence-corrected chi connectivity index (χ3v) is 4.91. The lowest BCUT2D eigenvalue weighted by Gasteiger charge is -2.46. The van der Waals surface area contributed by atoms with Crippen molar-refractivity contribution < 1.29 is 9.13 Å². The molecule has 0 saturated carbocycles. The van der Waals surface area contributed by atoms with Crippen molar-refractivity contribution in [2.75, 3.05) is 33.4 Å². The Kier molecular flexibility index (Phi) is 5.60. The van der Waals surface area contributed by atoms with Crippen LogP contribution in [0.4, 0.5) is 4.39 Å². The maximum absolute atomic E-state index is 13.6. The summed E-state index contributed by atoms with van der Waals surface area (Å²) in [5.74, 6) is -0.354. The third-order valence-electron chi connectivity index (χ3n) is 4.48. The first-order chi connectivity index (χ1) is 9.96. The van der Waals surface area contributed by atoms with E-state index in [1.165, 1.54) is 6.07 Å². The molecule has 1 atom stereocenters. The average Bonchev–Trinajstić information content (AvgIpc) is 2.49. The van der Waals surface area contributed by atoms with E-state index in [9.17, 15) is 4.39 Å². The fraction of sp³-hybridized carbons (Fsp3) is 0.625. The standard InChI is InChI=1S/C16H24ClFN2O/c1-16(2,20-7-9-21-10-8-20)14(19-3)11-12-5-4-6-13(18)15(12)17/h4-6,14,19H,7-11H2,1-3H3. The Bertz CT molecular complexity index is 475. The summed E-state index contributed by atoms with van der Waals surface area (Å²) >= 11 is 6.09. The molecule has 0 aromatic heterocycles. The molecule has 1 aromatic carbocycles. The average molecular weight is 315 g/mol. The normalized spacial score (nSPS) is 18.7. The molecule has 0 aliphatic carbocycles. The van der Waals surface area contributed by atoms with Crippen molar-refractivity contribution in [2.45, 2.75) is 31.8 Å². The van der Waals surface area contributed by atoms with Crippen molar-refractivity contribution in [3.8, 4) is 0 Å². The Morgan fingerprint density at radius 1 is 1.38 bits per heavy atom. The molecule has 1 unspecified atom stereocenters. The predicted molar refractivity (Wildman–Crippen MR) is 84.4 cm³/mol. The zero-order valence-electron chi connectivity index (χ0n) is 13.0. The van der Waals surface area contributed by atoms with Crippen molar-refractivity contribution in [1.82, 2.24) is 10.2 Å². The molecule has 1 fully saturated rings. The van der Waals surface area contributed by atoms with Gasteiger partial charge in [0, 0.05) is 24.7 Å². The summed E-state index contributed by atoms with van der Waals surface area (Å²) in [6.45, 7) is 7.80. The Morgan fingerprint density at radius 3 is 2.67 bits per heavy atom. The zero-order chi connectivity index (χ0) is 15.5. The van der Waals surface area contributed by atoms with Crippen LogP contribution in [-0.2, 0) is 11.2 Å². The van der Waals surface area contributed by atoms with Gasteiger partial charge in [-0.2, -0.15) is 0 Å². The highest BCUT2D eigenvalue weighted by Crippen LogP contribution is 2.27. The minimum absolute atomic E-state index is 0.0613. The molecule has 1 aromatic rings. The molecule has 0 bridgehead atoms. The summed E-state index contributed by atoms with van der Waals surface area (Å²) < 4.78 is 19.0. The number of nitrogens with zero attached hydrogens (tertiary/aromatic N) is 1. The van der Waals surface area contributed by atoms with Gasteiger partial charge in [0.15, 0.2) is 0 Å². The second-order valence-corrected chi connectivity index (χ2v) is 6.39. The second kappa shape index (κ2) is 7.05. The van der Waals surface area contributed by atoms with E-state index in [1.54, 1.807) is 6.07 Å². The van der Waals surface area contributed by atoms with Crippen LogP contribution in [0, 0.1) is 5.82 Å². The minimum atomic E-state index is -0.354. The quantitative estimate of drug-likeness (QED) is 0.904. The largest absolute Gasteiger partial charge is 0.379 e. The second-order valence-electron chi connectivity index (χ2n) is 6.01. The molecule has 1 saturated heterocycles. The lowest BCUT2D eigenvalue weighted by Crippen LogP contribution is -2.60. The van der Waals surface area contributed by atoms with Crippen LogP contribution in [0.5, 0.6) is 0 Å². The summed E-state index contributed by atoms with van der Waals surface area (Å²) in [6, 6.07) is 5.18. The molecule has 1 aliphatic heterocycles. The topological polar surface area (TPSA) is 24.5 Å². The van der Waals surface area contributed by atoms with Gasteiger partial charge in [-0.1, -0.05) is 23.7 Å². The Morgan fingerprint density at radius 2 is 2.05 bits per heavy atom. The van der Waals surface area contributed by atoms with Gasteiger partial charge in [0.25, 0.3) is 0 Å². The van der Waals surface area contributed by atoms with Gasteiger partial charge in [-0.15, -0.1) is 0 Å². The van der Waals surface area contributed by atoms with Gasteiger partial charge >= 0.3 is 0 Å². The summed E-state index contributed by atoms with van der Waals surface area (Å²) in [5, 5.41) is 3.60. The monoisotopic (exact) mass is 314 g/mol. The van der Waals surface area contributed by atoms with Crippen LogP contribution in [0.3, 0.4) is 0 Å². The third kappa shape index (κ3) is 3.75. The Balaban J connectivity index is 2.16. The molecule has 1 N–H and O–H groups in total. The fourth-order valence-corrected chi connectivity index (χ4v) is 3.19. The minimum Gasteiger partial charge on any atom is -0.379 e. The van der Waals surface area contributed by atoms with Crippen LogP contribution in [0.15, 0.2) is 18.2 Å². The molecule has 1 heterocycles. The SMILES string of the molecule is CNC(Cc1cccc(F)c1Cl)C(C)(C)N1CCOCC1. The number of ether oxygens (including phenoxy) is 1. The number of rotatable bonds is 5. The van der Waals surface area contributed by atoms with Crippen LogP contribution < -0.4 is 5.32 Å². The number of nitrogens with one attached hydrogen (secondary N) is 1. The van der Waals surface area contributed by atoms with Gasteiger partial charge in [-0.3, -0.25) is 4.90 Å². The maximum atomic E-state index is 13.6. The van der Waals surface area contributed by atoms with Crippen molar-refractivity contribution in [1.29, 1.82) is 0 Å². The van der Waals surface area contributed by atoms with Crippen molar-refractivity contribution >= 4 is 11.6 Å². The van der Waals surface area contributed by atoms with Gasteiger partial charge in [0.05, 0.1) is 18.2 Å². The van der Waals surface area contributed by atoms with E-state index in [4.69, 9.17) is 16.3 Å². The molecule has 0 radical (unpaired) electrons. The van der Waals surface area contributed by atoms with Gasteiger partial charge in [0.1, 0.15) is 5.82 Å². The fourth-order valence-electron chi connectivity index (χ4n) is 2.99. The smallest absolute Gasteiger partial charge is 0.142 e. The van der Waals surface area contributed by atoms with Crippen molar-refractivity contribution in [3.05, 3.63) is 34.6 Å². The van der Waals surface area contributed by atoms with E-state index >= 15 is 0 Å². The zero-order valence-corrected chi connectivity index (χ0v) is 13.7. The van der Waals surface area contributed by atoms with E-state index in [0.29, 0.717) is 6.42 Å². The first-order valence-corrected chi connectivity index (χ1v) is 7.77. The van der Waals surface area contributed by atoms with Crippen LogP contribution in [-0.4, -0.2) is 49.8 Å². The highest BCUT2D eigenvalue weighted by atomic mass is 35.5. The Labute approximate surface area is 131 Å². The van der Waals surface area contributed by atoms with Crippen LogP contribution in [0.1, 0.15) is 19.4 Å². The molecule has 0 spiro atoms. The van der Waals surface area contributed by atoms with Gasteiger partial charge in [-0.05, 0) is 38.9 Å². The van der Waals surface area contributed by atoms with Crippen molar-refractivity contribution in [2.24, 2.45) is 0 Å². The molecular weight excluding hydrogens is 291 g/mol. The highest BCUT2D eigenvalue weighted by Gasteiger charge is 2.35. The van der Waals surface area contributed by atoms with Gasteiger partial charge in [-0.25, -0.2) is 4.39 Å². The van der Waals surface area contributed by atoms with E-state index in [-0.39, 0.29) is 22.4 Å². The first kappa shape index (κ1) is 16.7. The summed E-state index contributed by atoms with van der Waals surface area (Å²) in [5.41, 5.74) is 0.783. The first-order valence-electron chi connectivity index (χ1n) is 7.39. The number of halogens is 2. The van der Waals surface area contributed by atoms with Crippen LogP contribution >= 0.6 is 11.6 Å². The summed E-state index contributed by atoms with van der Waals surface area (Å²) in [4.78, 5) is 2.42. The van der Waals surface area contributed by atoms with E-state index in [2.05, 4.69) is 24.1 Å². The summed E-state index contributed by atoms with van der Waals surface area (Å²) in [7, 11) is 1.94. The van der Waals surface area contributed by atoms with Gasteiger partial charge < -0.3 is 10.1 Å². The number of hydrogen-bond donors (Lipinski definition) is 1. The number of benzene rings is 1.